The monoisotopic (exact) mass is 420 g/mol. The molecule has 0 aromatic heterocycles. The van der Waals surface area contributed by atoms with Gasteiger partial charge in [-0.2, -0.15) is 0 Å². The highest BCUT2D eigenvalue weighted by Crippen LogP contribution is 2.26. The van der Waals surface area contributed by atoms with Crippen LogP contribution in [0.5, 0.6) is 0 Å². The minimum Gasteiger partial charge on any atom is -0.339 e. The number of likely N-dealkylation sites (tertiary alicyclic amines) is 1. The maximum Gasteiger partial charge on any atom is 0.253 e. The summed E-state index contributed by atoms with van der Waals surface area (Å²) in [5, 5.41) is 5.20. The lowest BCUT2D eigenvalue weighted by molar-refractivity contribution is 0.0686. The van der Waals surface area contributed by atoms with Crippen molar-refractivity contribution in [2.75, 3.05) is 13.1 Å². The molecule has 0 radical (unpaired) electrons. The first-order valence-electron chi connectivity index (χ1n) is 9.41. The fourth-order valence-corrected chi connectivity index (χ4v) is 4.66. The van der Waals surface area contributed by atoms with Crippen LogP contribution in [0.3, 0.4) is 0 Å². The second-order valence-electron chi connectivity index (χ2n) is 7.45. The molecular formula is C21H25ClN2O3S. The van der Waals surface area contributed by atoms with Gasteiger partial charge in [-0.05, 0) is 62.3 Å². The lowest BCUT2D eigenvalue weighted by Crippen LogP contribution is -2.38. The van der Waals surface area contributed by atoms with E-state index in [2.05, 4.69) is 31.2 Å². The summed E-state index contributed by atoms with van der Waals surface area (Å²) in [7, 11) is -3.97. The Kier molecular flexibility index (Phi) is 6.43. The fraction of sp³-hybridized carbons (Fsp3) is 0.381. The van der Waals surface area contributed by atoms with Gasteiger partial charge in [0.05, 0.1) is 5.02 Å². The van der Waals surface area contributed by atoms with Crippen molar-refractivity contribution in [3.05, 3.63) is 64.2 Å². The van der Waals surface area contributed by atoms with Crippen LogP contribution in [-0.2, 0) is 16.4 Å². The largest absolute Gasteiger partial charge is 0.339 e. The third-order valence-electron chi connectivity index (χ3n) is 5.35. The number of hydrogen-bond donors (Lipinski definition) is 1. The van der Waals surface area contributed by atoms with Gasteiger partial charge < -0.3 is 4.90 Å². The molecule has 7 heteroatoms. The maximum absolute atomic E-state index is 12.8. The number of benzene rings is 2. The number of halogens is 1. The first-order chi connectivity index (χ1) is 13.2. The zero-order valence-corrected chi connectivity index (χ0v) is 17.5. The van der Waals surface area contributed by atoms with E-state index in [0.29, 0.717) is 24.6 Å². The number of hydrogen-bond acceptors (Lipinski definition) is 3. The van der Waals surface area contributed by atoms with Crippen molar-refractivity contribution in [3.63, 3.8) is 0 Å². The molecule has 2 aromatic carbocycles. The predicted octanol–water partition coefficient (Wildman–Crippen LogP) is 3.78. The van der Waals surface area contributed by atoms with E-state index >= 15 is 0 Å². The summed E-state index contributed by atoms with van der Waals surface area (Å²) in [4.78, 5) is 14.3. The predicted molar refractivity (Wildman–Crippen MR) is 111 cm³/mol. The van der Waals surface area contributed by atoms with E-state index in [9.17, 15) is 13.2 Å². The first-order valence-corrected chi connectivity index (χ1v) is 11.3. The molecule has 3 rings (SSSR count). The van der Waals surface area contributed by atoms with Gasteiger partial charge in [-0.1, -0.05) is 41.4 Å². The van der Waals surface area contributed by atoms with E-state index in [1.54, 1.807) is 11.0 Å². The number of primary sulfonamides is 1. The molecule has 0 aliphatic carbocycles. The number of nitrogens with zero attached hydrogens (tertiary/aromatic N) is 1. The SMILES string of the molecule is Cc1ccc(CCC2CCN(C(=O)c3ccc(Cl)c(S(N)(=O)=O)c3)CC2)cc1. The molecule has 1 aliphatic rings. The topological polar surface area (TPSA) is 80.5 Å². The molecule has 28 heavy (non-hydrogen) atoms. The van der Waals surface area contributed by atoms with Gasteiger partial charge in [0.25, 0.3) is 5.91 Å². The van der Waals surface area contributed by atoms with Crippen molar-refractivity contribution >= 4 is 27.5 Å². The number of amides is 1. The highest BCUT2D eigenvalue weighted by atomic mass is 35.5. The Labute approximate surface area is 171 Å². The van der Waals surface area contributed by atoms with E-state index in [1.807, 2.05) is 0 Å². The Hall–Kier alpha value is -1.89. The number of carbonyl (C=O) groups is 1. The number of piperidine rings is 1. The Morgan fingerprint density at radius 3 is 2.39 bits per heavy atom. The second-order valence-corrected chi connectivity index (χ2v) is 9.39. The van der Waals surface area contributed by atoms with Crippen LogP contribution in [0.1, 0.15) is 40.7 Å². The van der Waals surface area contributed by atoms with Crippen LogP contribution >= 0.6 is 11.6 Å². The Morgan fingerprint density at radius 1 is 1.14 bits per heavy atom. The van der Waals surface area contributed by atoms with Gasteiger partial charge in [0.1, 0.15) is 4.90 Å². The van der Waals surface area contributed by atoms with E-state index in [4.69, 9.17) is 16.7 Å². The van der Waals surface area contributed by atoms with Crippen LogP contribution in [0.2, 0.25) is 5.02 Å². The molecule has 1 amide bonds. The van der Waals surface area contributed by atoms with Gasteiger partial charge in [-0.3, -0.25) is 4.79 Å². The van der Waals surface area contributed by atoms with Crippen LogP contribution < -0.4 is 5.14 Å². The molecule has 0 unspecified atom stereocenters. The Bertz CT molecular complexity index is 950. The van der Waals surface area contributed by atoms with Crippen molar-refractivity contribution in [2.24, 2.45) is 11.1 Å². The molecule has 150 valence electrons. The van der Waals surface area contributed by atoms with Crippen LogP contribution in [-0.4, -0.2) is 32.3 Å². The Morgan fingerprint density at radius 2 is 1.79 bits per heavy atom. The molecule has 0 atom stereocenters. The number of sulfonamides is 1. The average Bonchev–Trinajstić information content (AvgIpc) is 2.67. The van der Waals surface area contributed by atoms with Crippen molar-refractivity contribution in [2.45, 2.75) is 37.5 Å². The highest BCUT2D eigenvalue weighted by molar-refractivity contribution is 7.89. The van der Waals surface area contributed by atoms with Crippen molar-refractivity contribution in [1.82, 2.24) is 4.90 Å². The number of nitrogens with two attached hydrogens (primary N) is 1. The zero-order chi connectivity index (χ0) is 20.3. The summed E-state index contributed by atoms with van der Waals surface area (Å²) in [6.45, 7) is 3.43. The molecule has 1 saturated heterocycles. The zero-order valence-electron chi connectivity index (χ0n) is 15.9. The average molecular weight is 421 g/mol. The summed E-state index contributed by atoms with van der Waals surface area (Å²) in [5.41, 5.74) is 2.91. The van der Waals surface area contributed by atoms with E-state index in [0.717, 1.165) is 25.7 Å². The molecule has 5 nitrogen and oxygen atoms in total. The van der Waals surface area contributed by atoms with Gasteiger partial charge in [0, 0.05) is 18.7 Å². The molecule has 2 N–H and O–H groups in total. The second kappa shape index (κ2) is 8.64. The fourth-order valence-electron chi connectivity index (χ4n) is 3.59. The van der Waals surface area contributed by atoms with Crippen LogP contribution in [0, 0.1) is 12.8 Å². The minimum atomic E-state index is -3.97. The summed E-state index contributed by atoms with van der Waals surface area (Å²) in [6, 6.07) is 12.8. The molecular weight excluding hydrogens is 396 g/mol. The van der Waals surface area contributed by atoms with E-state index in [-0.39, 0.29) is 15.8 Å². The number of carbonyl (C=O) groups excluding carboxylic acids is 1. The summed E-state index contributed by atoms with van der Waals surface area (Å²) < 4.78 is 23.2. The lowest BCUT2D eigenvalue weighted by Gasteiger charge is -2.32. The summed E-state index contributed by atoms with van der Waals surface area (Å²) in [5.74, 6) is 0.411. The molecule has 1 heterocycles. The highest BCUT2D eigenvalue weighted by Gasteiger charge is 2.25. The van der Waals surface area contributed by atoms with Gasteiger partial charge >= 0.3 is 0 Å². The minimum absolute atomic E-state index is 0.0221. The third-order valence-corrected chi connectivity index (χ3v) is 6.74. The van der Waals surface area contributed by atoms with Crippen molar-refractivity contribution in [3.8, 4) is 0 Å². The van der Waals surface area contributed by atoms with E-state index < -0.39 is 10.0 Å². The van der Waals surface area contributed by atoms with Gasteiger partial charge in [0.2, 0.25) is 10.0 Å². The molecule has 1 aliphatic heterocycles. The third kappa shape index (κ3) is 5.13. The lowest BCUT2D eigenvalue weighted by atomic mass is 9.90. The maximum atomic E-state index is 12.8. The van der Waals surface area contributed by atoms with E-state index in [1.165, 1.54) is 23.3 Å². The smallest absolute Gasteiger partial charge is 0.253 e. The molecule has 0 bridgehead atoms. The normalized spacial score (nSPS) is 15.6. The standard InChI is InChI=1S/C21H25ClN2O3S/c1-15-2-4-16(5-3-15)6-7-17-10-12-24(13-11-17)21(25)18-8-9-19(22)20(14-18)28(23,26)27/h2-5,8-9,14,17H,6-7,10-13H2,1H3,(H2,23,26,27). The molecule has 1 fully saturated rings. The first kappa shape index (κ1) is 20.8. The van der Waals surface area contributed by atoms with Crippen molar-refractivity contribution < 1.29 is 13.2 Å². The summed E-state index contributed by atoms with van der Waals surface area (Å²) in [6.07, 6.45) is 4.07. The van der Waals surface area contributed by atoms with Gasteiger partial charge in [-0.15, -0.1) is 0 Å². The molecule has 2 aromatic rings. The van der Waals surface area contributed by atoms with Crippen molar-refractivity contribution in [1.29, 1.82) is 0 Å². The quantitative estimate of drug-likeness (QED) is 0.799. The van der Waals surface area contributed by atoms with Crippen LogP contribution in [0.4, 0.5) is 0 Å². The molecule has 0 spiro atoms. The van der Waals surface area contributed by atoms with Gasteiger partial charge in [0.15, 0.2) is 0 Å². The molecule has 0 saturated carbocycles. The number of aryl methyl sites for hydroxylation is 2. The summed E-state index contributed by atoms with van der Waals surface area (Å²) >= 11 is 5.90. The van der Waals surface area contributed by atoms with Gasteiger partial charge in [-0.25, -0.2) is 13.6 Å². The van der Waals surface area contributed by atoms with Crippen LogP contribution in [0.25, 0.3) is 0 Å². The Balaban J connectivity index is 1.57. The number of rotatable bonds is 5. The van der Waals surface area contributed by atoms with Crippen LogP contribution in [0.15, 0.2) is 47.4 Å².